The zero-order valence-corrected chi connectivity index (χ0v) is 16.6. The van der Waals surface area contributed by atoms with Crippen molar-refractivity contribution >= 4 is 35.7 Å². The number of Topliss-reactive ketones (excluding diaryl/α,β-unsaturated/α-hetero) is 1. The second-order valence-electron chi connectivity index (χ2n) is 7.61. The lowest BCUT2D eigenvalue weighted by atomic mass is 9.88. The average molecular weight is 396 g/mol. The molecule has 0 bridgehead atoms. The van der Waals surface area contributed by atoms with E-state index in [2.05, 4.69) is 5.32 Å². The number of rotatable bonds is 3. The van der Waals surface area contributed by atoms with Crippen molar-refractivity contribution in [2.24, 2.45) is 11.7 Å². The molecule has 3 rings (SSSR count). The van der Waals surface area contributed by atoms with E-state index >= 15 is 0 Å². The summed E-state index contributed by atoms with van der Waals surface area (Å²) in [5, 5.41) is 2.76. The number of anilines is 1. The first-order valence-electron chi connectivity index (χ1n) is 8.91. The summed E-state index contributed by atoms with van der Waals surface area (Å²) in [5.74, 6) is 0.139. The number of halogens is 1. The van der Waals surface area contributed by atoms with Crippen LogP contribution in [0.4, 0.5) is 5.69 Å². The zero-order chi connectivity index (χ0) is 19.1. The number of piperidine rings is 1. The molecular weight excluding hydrogens is 370 g/mol. The fourth-order valence-corrected chi connectivity index (χ4v) is 3.35. The number of ketones is 1. The molecule has 0 aliphatic carbocycles. The molecule has 2 amide bonds. The van der Waals surface area contributed by atoms with Crippen LogP contribution in [0.2, 0.25) is 0 Å². The highest BCUT2D eigenvalue weighted by Crippen LogP contribution is 2.32. The Labute approximate surface area is 165 Å². The van der Waals surface area contributed by atoms with Gasteiger partial charge in [0.25, 0.3) is 5.91 Å². The Morgan fingerprint density at radius 3 is 2.48 bits per heavy atom. The molecule has 1 fully saturated rings. The summed E-state index contributed by atoms with van der Waals surface area (Å²) in [4.78, 5) is 38.5. The largest absolute Gasteiger partial charge is 0.479 e. The van der Waals surface area contributed by atoms with Gasteiger partial charge in [-0.1, -0.05) is 0 Å². The van der Waals surface area contributed by atoms with Crippen LogP contribution in [0.25, 0.3) is 0 Å². The highest BCUT2D eigenvalue weighted by Gasteiger charge is 2.33. The van der Waals surface area contributed by atoms with Gasteiger partial charge >= 0.3 is 0 Å². The molecule has 2 aliphatic heterocycles. The number of nitrogens with zero attached hydrogens (tertiary/aromatic N) is 1. The van der Waals surface area contributed by atoms with Crippen molar-refractivity contribution in [1.29, 1.82) is 0 Å². The normalized spacial score (nSPS) is 20.1. The van der Waals surface area contributed by atoms with E-state index in [4.69, 9.17) is 10.5 Å². The quantitative estimate of drug-likeness (QED) is 0.762. The standard InChI is InChI=1S/C19H25N3O4.ClH/c1-11-17(24)21-14-10-13(4-5-15(14)26-11)16(23)12-6-8-22(9-7-12)18(25)19(2,3)20;/h4-5,10-12H,6-9,20H2,1-3H3,(H,21,24);1H. The SMILES string of the molecule is CC1Oc2ccc(C(=O)C3CCN(C(=O)C(C)(C)N)CC3)cc2NC1=O.Cl. The first kappa shape index (κ1) is 21.2. The van der Waals surface area contributed by atoms with E-state index in [-0.39, 0.29) is 35.9 Å². The van der Waals surface area contributed by atoms with Gasteiger partial charge in [0.05, 0.1) is 11.2 Å². The van der Waals surface area contributed by atoms with E-state index in [1.54, 1.807) is 43.9 Å². The fourth-order valence-electron chi connectivity index (χ4n) is 3.35. The first-order valence-corrected chi connectivity index (χ1v) is 8.91. The monoisotopic (exact) mass is 395 g/mol. The van der Waals surface area contributed by atoms with Crippen molar-refractivity contribution in [1.82, 2.24) is 4.90 Å². The minimum absolute atomic E-state index is 0. The summed E-state index contributed by atoms with van der Waals surface area (Å²) in [5.41, 5.74) is 6.05. The van der Waals surface area contributed by atoms with Crippen molar-refractivity contribution in [3.63, 3.8) is 0 Å². The van der Waals surface area contributed by atoms with Crippen molar-refractivity contribution in [3.05, 3.63) is 23.8 Å². The van der Waals surface area contributed by atoms with Gasteiger partial charge in [-0.05, 0) is 51.8 Å². The van der Waals surface area contributed by atoms with E-state index in [0.717, 1.165) is 0 Å². The molecule has 1 unspecified atom stereocenters. The molecule has 2 aliphatic rings. The van der Waals surface area contributed by atoms with E-state index in [1.165, 1.54) is 0 Å². The van der Waals surface area contributed by atoms with Gasteiger partial charge in [-0.2, -0.15) is 0 Å². The summed E-state index contributed by atoms with van der Waals surface area (Å²) in [6.45, 7) is 6.11. The fraction of sp³-hybridized carbons (Fsp3) is 0.526. The molecule has 2 heterocycles. The maximum Gasteiger partial charge on any atom is 0.265 e. The van der Waals surface area contributed by atoms with Gasteiger partial charge in [-0.15, -0.1) is 12.4 Å². The summed E-state index contributed by atoms with van der Waals surface area (Å²) in [6.07, 6.45) is 0.674. The molecule has 0 spiro atoms. The van der Waals surface area contributed by atoms with Crippen molar-refractivity contribution in [2.75, 3.05) is 18.4 Å². The summed E-state index contributed by atoms with van der Waals surface area (Å²) in [7, 11) is 0. The van der Waals surface area contributed by atoms with Crippen molar-refractivity contribution in [2.45, 2.75) is 45.3 Å². The molecule has 0 saturated carbocycles. The number of hydrogen-bond donors (Lipinski definition) is 2. The predicted octanol–water partition coefficient (Wildman–Crippen LogP) is 1.99. The van der Waals surface area contributed by atoms with E-state index in [1.807, 2.05) is 0 Å². The Morgan fingerprint density at radius 1 is 1.26 bits per heavy atom. The van der Waals surface area contributed by atoms with Crippen LogP contribution in [-0.4, -0.2) is 47.2 Å². The predicted molar refractivity (Wildman–Crippen MR) is 104 cm³/mol. The Balaban J connectivity index is 0.00000261. The first-order chi connectivity index (χ1) is 12.2. The van der Waals surface area contributed by atoms with Gasteiger partial charge in [-0.3, -0.25) is 14.4 Å². The van der Waals surface area contributed by atoms with Crippen LogP contribution < -0.4 is 15.8 Å². The van der Waals surface area contributed by atoms with Crippen molar-refractivity contribution in [3.8, 4) is 5.75 Å². The van der Waals surface area contributed by atoms with Crippen LogP contribution in [0.15, 0.2) is 18.2 Å². The minimum atomic E-state index is -0.898. The van der Waals surface area contributed by atoms with Gasteiger partial charge in [0.2, 0.25) is 5.91 Å². The van der Waals surface area contributed by atoms with Crippen molar-refractivity contribution < 1.29 is 19.1 Å². The Morgan fingerprint density at radius 2 is 1.89 bits per heavy atom. The van der Waals surface area contributed by atoms with Gasteiger partial charge < -0.3 is 20.7 Å². The second kappa shape index (κ2) is 7.86. The number of benzene rings is 1. The molecule has 3 N–H and O–H groups in total. The lowest BCUT2D eigenvalue weighted by Gasteiger charge is -2.35. The topological polar surface area (TPSA) is 102 Å². The minimum Gasteiger partial charge on any atom is -0.479 e. The number of carbonyl (C=O) groups is 3. The molecule has 27 heavy (non-hydrogen) atoms. The third-order valence-electron chi connectivity index (χ3n) is 4.90. The molecule has 148 valence electrons. The van der Waals surface area contributed by atoms with Gasteiger partial charge in [-0.25, -0.2) is 0 Å². The zero-order valence-electron chi connectivity index (χ0n) is 15.8. The van der Waals surface area contributed by atoms with Crippen LogP contribution >= 0.6 is 12.4 Å². The number of ether oxygens (including phenoxy) is 1. The maximum atomic E-state index is 12.8. The average Bonchev–Trinajstić information content (AvgIpc) is 2.60. The Bertz CT molecular complexity index is 752. The van der Waals surface area contributed by atoms with Gasteiger partial charge in [0.1, 0.15) is 5.75 Å². The van der Waals surface area contributed by atoms with E-state index in [0.29, 0.717) is 42.9 Å². The number of fused-ring (bicyclic) bond motifs is 1. The molecule has 0 aromatic heterocycles. The molecule has 1 aromatic rings. The van der Waals surface area contributed by atoms with Crippen LogP contribution in [0.5, 0.6) is 5.75 Å². The number of hydrogen-bond acceptors (Lipinski definition) is 5. The second-order valence-corrected chi connectivity index (χ2v) is 7.61. The van der Waals surface area contributed by atoms with Crippen LogP contribution in [0.3, 0.4) is 0 Å². The lowest BCUT2D eigenvalue weighted by Crippen LogP contribution is -2.53. The third-order valence-corrected chi connectivity index (χ3v) is 4.90. The molecule has 7 nitrogen and oxygen atoms in total. The molecule has 8 heteroatoms. The number of likely N-dealkylation sites (tertiary alicyclic amines) is 1. The highest BCUT2D eigenvalue weighted by atomic mass is 35.5. The van der Waals surface area contributed by atoms with E-state index < -0.39 is 11.6 Å². The van der Waals surface area contributed by atoms with Gasteiger partial charge in [0.15, 0.2) is 11.9 Å². The summed E-state index contributed by atoms with van der Waals surface area (Å²) in [6, 6.07) is 5.11. The molecule has 1 saturated heterocycles. The number of amides is 2. The number of carbonyl (C=O) groups excluding carboxylic acids is 3. The third kappa shape index (κ3) is 4.42. The van der Waals surface area contributed by atoms with Crippen LogP contribution in [0.1, 0.15) is 44.0 Å². The molecular formula is C19H26ClN3O4. The summed E-state index contributed by atoms with van der Waals surface area (Å²) >= 11 is 0. The van der Waals surface area contributed by atoms with Crippen LogP contribution in [-0.2, 0) is 9.59 Å². The summed E-state index contributed by atoms with van der Waals surface area (Å²) < 4.78 is 5.52. The number of nitrogens with one attached hydrogen (secondary N) is 1. The van der Waals surface area contributed by atoms with Crippen LogP contribution in [0, 0.1) is 5.92 Å². The molecule has 0 radical (unpaired) electrons. The lowest BCUT2D eigenvalue weighted by molar-refractivity contribution is -0.137. The Hall–Kier alpha value is -2.12. The maximum absolute atomic E-state index is 12.8. The Kier molecular flexibility index (Phi) is 6.17. The molecule has 1 atom stereocenters. The molecule has 1 aromatic carbocycles. The highest BCUT2D eigenvalue weighted by molar-refractivity contribution is 6.02. The van der Waals surface area contributed by atoms with Gasteiger partial charge in [0, 0.05) is 24.6 Å². The smallest absolute Gasteiger partial charge is 0.265 e. The number of nitrogens with two attached hydrogens (primary N) is 1. The van der Waals surface area contributed by atoms with E-state index in [9.17, 15) is 14.4 Å².